The van der Waals surface area contributed by atoms with E-state index >= 15 is 0 Å². The molecule has 0 fully saturated rings. The Morgan fingerprint density at radius 2 is 1.96 bits per heavy atom. The van der Waals surface area contributed by atoms with Crippen LogP contribution in [0.25, 0.3) is 0 Å². The van der Waals surface area contributed by atoms with Gasteiger partial charge < -0.3 is 9.64 Å². The monoisotopic (exact) mass is 345 g/mol. The van der Waals surface area contributed by atoms with Crippen molar-refractivity contribution in [2.45, 2.75) is 13.1 Å². The maximum Gasteiger partial charge on any atom is 0.285 e. The van der Waals surface area contributed by atoms with Gasteiger partial charge in [-0.3, -0.25) is 24.3 Å². The second kappa shape index (κ2) is 8.74. The van der Waals surface area contributed by atoms with Gasteiger partial charge in [-0.2, -0.15) is 0 Å². The smallest absolute Gasteiger partial charge is 0.285 e. The number of benzene rings is 1. The Morgan fingerprint density at radius 3 is 2.60 bits per heavy atom. The number of pyridine rings is 1. The average Bonchev–Trinajstić information content (AvgIpc) is 2.61. The fourth-order valence-electron chi connectivity index (χ4n) is 2.29. The van der Waals surface area contributed by atoms with E-state index in [-0.39, 0.29) is 18.1 Å². The van der Waals surface area contributed by atoms with Crippen molar-refractivity contribution in [3.63, 3.8) is 0 Å². The Balaban J connectivity index is 2.17. The van der Waals surface area contributed by atoms with Gasteiger partial charge in [-0.1, -0.05) is 30.3 Å². The van der Waals surface area contributed by atoms with Crippen LogP contribution in [0.5, 0.6) is 0 Å². The first-order valence-corrected chi connectivity index (χ1v) is 7.67. The summed E-state index contributed by atoms with van der Waals surface area (Å²) in [6, 6.07) is 11.6. The normalized spacial score (nSPS) is 10.4. The number of aromatic nitrogens is 1. The summed E-state index contributed by atoms with van der Waals surface area (Å²) in [7, 11) is 1.54. The lowest BCUT2D eigenvalue weighted by Gasteiger charge is -2.23. The molecule has 25 heavy (non-hydrogen) atoms. The van der Waals surface area contributed by atoms with Crippen LogP contribution in [0.15, 0.2) is 53.5 Å². The quantitative estimate of drug-likeness (QED) is 0.533. The summed E-state index contributed by atoms with van der Waals surface area (Å²) in [6.45, 7) is 0.806. The van der Waals surface area contributed by atoms with Gasteiger partial charge in [0.15, 0.2) is 0 Å². The first-order valence-electron chi connectivity index (χ1n) is 7.67. The maximum absolute atomic E-state index is 12.6. The molecule has 0 unspecified atom stereocenters. The van der Waals surface area contributed by atoms with Gasteiger partial charge in [0.1, 0.15) is 6.54 Å². The molecule has 8 nitrogen and oxygen atoms in total. The van der Waals surface area contributed by atoms with Crippen molar-refractivity contribution >= 4 is 11.6 Å². The van der Waals surface area contributed by atoms with E-state index in [0.717, 1.165) is 28.5 Å². The van der Waals surface area contributed by atoms with Crippen molar-refractivity contribution in [1.29, 1.82) is 0 Å². The van der Waals surface area contributed by atoms with Gasteiger partial charge in [-0.15, -0.1) is 0 Å². The number of carbonyl (C=O) groups excluding carboxylic acids is 1. The van der Waals surface area contributed by atoms with Crippen molar-refractivity contribution in [1.82, 2.24) is 9.47 Å². The number of methoxy groups -OCH3 is 1. The highest BCUT2D eigenvalue weighted by molar-refractivity contribution is 5.76. The highest BCUT2D eigenvalue weighted by Gasteiger charge is 2.16. The molecule has 1 aromatic carbocycles. The lowest BCUT2D eigenvalue weighted by Crippen LogP contribution is -2.37. The van der Waals surface area contributed by atoms with Gasteiger partial charge >= 0.3 is 0 Å². The molecule has 0 atom stereocenters. The van der Waals surface area contributed by atoms with Crippen molar-refractivity contribution in [3.8, 4) is 0 Å². The van der Waals surface area contributed by atoms with Crippen LogP contribution in [-0.2, 0) is 22.6 Å². The molecular formula is C17H19N3O5. The highest BCUT2D eigenvalue weighted by atomic mass is 16.6. The number of ether oxygens (including phenoxy) is 1. The summed E-state index contributed by atoms with van der Waals surface area (Å²) >= 11 is 0. The predicted octanol–water partition coefficient (Wildman–Crippen LogP) is 1.43. The third kappa shape index (κ3) is 5.25. The van der Waals surface area contributed by atoms with Gasteiger partial charge in [-0.05, 0) is 5.56 Å². The second-order valence-corrected chi connectivity index (χ2v) is 5.40. The van der Waals surface area contributed by atoms with Crippen molar-refractivity contribution in [2.24, 2.45) is 0 Å². The van der Waals surface area contributed by atoms with Gasteiger partial charge in [0.2, 0.25) is 5.91 Å². The number of hydrogen-bond acceptors (Lipinski definition) is 5. The van der Waals surface area contributed by atoms with Gasteiger partial charge in [-0.25, -0.2) is 0 Å². The molecule has 1 heterocycles. The van der Waals surface area contributed by atoms with Gasteiger partial charge in [0, 0.05) is 32.3 Å². The zero-order chi connectivity index (χ0) is 18.2. The molecule has 0 aliphatic carbocycles. The largest absolute Gasteiger partial charge is 0.383 e. The van der Waals surface area contributed by atoms with Gasteiger partial charge in [0.05, 0.1) is 17.7 Å². The maximum atomic E-state index is 12.6. The molecule has 8 heteroatoms. The van der Waals surface area contributed by atoms with E-state index in [9.17, 15) is 19.7 Å². The number of nitrogens with zero attached hydrogens (tertiary/aromatic N) is 3. The SMILES string of the molecule is COCCN(Cc1ccccc1)C(=O)Cn1cc([N+](=O)[O-])ccc1=O. The first kappa shape index (κ1) is 18.3. The van der Waals surface area contributed by atoms with E-state index in [1.807, 2.05) is 30.3 Å². The summed E-state index contributed by atoms with van der Waals surface area (Å²) in [5, 5.41) is 10.8. The fourth-order valence-corrected chi connectivity index (χ4v) is 2.29. The Morgan fingerprint density at radius 1 is 1.24 bits per heavy atom. The zero-order valence-corrected chi connectivity index (χ0v) is 13.8. The Labute approximate surface area is 144 Å². The molecule has 132 valence electrons. The number of amides is 1. The third-order valence-electron chi connectivity index (χ3n) is 3.62. The Hall–Kier alpha value is -3.00. The number of carbonyl (C=O) groups is 1. The molecule has 0 aliphatic heterocycles. The summed E-state index contributed by atoms with van der Waals surface area (Å²) in [6.07, 6.45) is 1.08. The molecular weight excluding hydrogens is 326 g/mol. The molecule has 1 aromatic heterocycles. The highest BCUT2D eigenvalue weighted by Crippen LogP contribution is 2.08. The number of rotatable bonds is 8. The molecule has 0 saturated heterocycles. The third-order valence-corrected chi connectivity index (χ3v) is 3.62. The molecule has 1 amide bonds. The minimum atomic E-state index is -0.604. The molecule has 0 aliphatic rings. The van der Waals surface area contributed by atoms with Crippen LogP contribution in [0.3, 0.4) is 0 Å². The van der Waals surface area contributed by atoms with E-state index in [1.165, 1.54) is 7.11 Å². The van der Waals surface area contributed by atoms with Crippen LogP contribution in [0.4, 0.5) is 5.69 Å². The minimum absolute atomic E-state index is 0.237. The van der Waals surface area contributed by atoms with Crippen LogP contribution in [0.1, 0.15) is 5.56 Å². The van der Waals surface area contributed by atoms with E-state index in [2.05, 4.69) is 0 Å². The topological polar surface area (TPSA) is 94.7 Å². The fraction of sp³-hybridized carbons (Fsp3) is 0.294. The van der Waals surface area contributed by atoms with Crippen LogP contribution in [0, 0.1) is 10.1 Å². The van der Waals surface area contributed by atoms with Crippen molar-refractivity contribution in [2.75, 3.05) is 20.3 Å². The van der Waals surface area contributed by atoms with E-state index in [4.69, 9.17) is 4.74 Å². The standard InChI is InChI=1S/C17H19N3O5/c1-25-10-9-18(11-14-5-3-2-4-6-14)17(22)13-19-12-15(20(23)24)7-8-16(19)21/h2-8,12H,9-11,13H2,1H3. The average molecular weight is 345 g/mol. The minimum Gasteiger partial charge on any atom is -0.383 e. The summed E-state index contributed by atoms with van der Waals surface area (Å²) in [5.41, 5.74) is 0.239. The molecule has 2 rings (SSSR count). The Kier molecular flexibility index (Phi) is 6.41. The van der Waals surface area contributed by atoms with Crippen LogP contribution in [0.2, 0.25) is 0 Å². The molecule has 0 radical (unpaired) electrons. The number of hydrogen-bond donors (Lipinski definition) is 0. The van der Waals surface area contributed by atoms with Gasteiger partial charge in [0.25, 0.3) is 11.2 Å². The van der Waals surface area contributed by atoms with Crippen molar-refractivity contribution in [3.05, 3.63) is 74.7 Å². The lowest BCUT2D eigenvalue weighted by atomic mass is 10.2. The molecule has 2 aromatic rings. The lowest BCUT2D eigenvalue weighted by molar-refractivity contribution is -0.385. The van der Waals surface area contributed by atoms with E-state index in [1.54, 1.807) is 4.90 Å². The molecule has 0 bridgehead atoms. The Bertz CT molecular complexity index is 788. The van der Waals surface area contributed by atoms with Crippen molar-refractivity contribution < 1.29 is 14.5 Å². The van der Waals surface area contributed by atoms with Crippen LogP contribution >= 0.6 is 0 Å². The van der Waals surface area contributed by atoms with Crippen LogP contribution < -0.4 is 5.56 Å². The predicted molar refractivity (Wildman–Crippen MR) is 91.1 cm³/mol. The summed E-state index contributed by atoms with van der Waals surface area (Å²) < 4.78 is 6.08. The molecule has 0 saturated carbocycles. The summed E-state index contributed by atoms with van der Waals surface area (Å²) in [5.74, 6) is -0.316. The van der Waals surface area contributed by atoms with E-state index < -0.39 is 10.5 Å². The zero-order valence-electron chi connectivity index (χ0n) is 13.8. The number of nitro groups is 1. The van der Waals surface area contributed by atoms with Crippen LogP contribution in [-0.4, -0.2) is 40.6 Å². The molecule has 0 spiro atoms. The van der Waals surface area contributed by atoms with E-state index in [0.29, 0.717) is 19.7 Å². The first-order chi connectivity index (χ1) is 12.0. The molecule has 0 N–H and O–H groups in total. The summed E-state index contributed by atoms with van der Waals surface area (Å²) in [4.78, 5) is 36.3. The second-order valence-electron chi connectivity index (χ2n) is 5.40.